The molecule has 1 aliphatic rings. The summed E-state index contributed by atoms with van der Waals surface area (Å²) in [5, 5.41) is 15.8. The number of amides is 2. The highest BCUT2D eigenvalue weighted by molar-refractivity contribution is 5.97. The topological polar surface area (TPSA) is 78.4 Å². The van der Waals surface area contributed by atoms with Gasteiger partial charge in [-0.15, -0.1) is 0 Å². The van der Waals surface area contributed by atoms with Crippen LogP contribution in [0, 0.1) is 0 Å². The van der Waals surface area contributed by atoms with Crippen LogP contribution in [-0.2, 0) is 0 Å². The molecule has 1 aromatic rings. The lowest BCUT2D eigenvalue weighted by molar-refractivity contribution is 0.0449. The lowest BCUT2D eigenvalue weighted by Crippen LogP contribution is -2.40. The van der Waals surface area contributed by atoms with Gasteiger partial charge < -0.3 is 15.7 Å². The molecule has 1 aromatic carbocycles. The zero-order chi connectivity index (χ0) is 16.2. The van der Waals surface area contributed by atoms with Gasteiger partial charge in [-0.1, -0.05) is 12.8 Å². The first kappa shape index (κ1) is 16.5. The fourth-order valence-electron chi connectivity index (χ4n) is 2.68. The summed E-state index contributed by atoms with van der Waals surface area (Å²) in [4.78, 5) is 23.9. The highest BCUT2D eigenvalue weighted by Gasteiger charge is 2.31. The molecule has 0 saturated heterocycles. The normalized spacial score (nSPS) is 16.5. The van der Waals surface area contributed by atoms with Crippen molar-refractivity contribution in [2.75, 3.05) is 6.54 Å². The fourth-order valence-corrected chi connectivity index (χ4v) is 2.68. The van der Waals surface area contributed by atoms with Gasteiger partial charge in [-0.25, -0.2) is 0 Å². The quantitative estimate of drug-likeness (QED) is 0.777. The summed E-state index contributed by atoms with van der Waals surface area (Å²) in [5.41, 5.74) is 0.259. The number of aliphatic hydroxyl groups is 1. The third-order valence-electron chi connectivity index (χ3n) is 3.94. The number of carbonyl (C=O) groups excluding carboxylic acids is 2. The molecule has 0 heterocycles. The van der Waals surface area contributed by atoms with E-state index in [9.17, 15) is 14.7 Å². The maximum atomic E-state index is 12.1. The van der Waals surface area contributed by atoms with E-state index in [1.54, 1.807) is 24.3 Å². The Hall–Kier alpha value is -1.88. The molecule has 0 unspecified atom stereocenters. The van der Waals surface area contributed by atoms with Crippen LogP contribution in [0.25, 0.3) is 0 Å². The largest absolute Gasteiger partial charge is 0.388 e. The molecule has 2 amide bonds. The number of carbonyl (C=O) groups is 2. The molecule has 0 aliphatic heterocycles. The summed E-state index contributed by atoms with van der Waals surface area (Å²) in [7, 11) is 0. The number of rotatable bonds is 5. The molecule has 0 radical (unpaired) electrons. The van der Waals surface area contributed by atoms with E-state index in [2.05, 4.69) is 10.6 Å². The molecule has 5 nitrogen and oxygen atoms in total. The Bertz CT molecular complexity index is 531. The van der Waals surface area contributed by atoms with Crippen molar-refractivity contribution in [2.45, 2.75) is 51.2 Å². The zero-order valence-electron chi connectivity index (χ0n) is 13.2. The minimum absolute atomic E-state index is 0.0719. The second kappa shape index (κ2) is 6.92. The van der Waals surface area contributed by atoms with Crippen LogP contribution < -0.4 is 10.6 Å². The predicted molar refractivity (Wildman–Crippen MR) is 84.8 cm³/mol. The molecular weight excluding hydrogens is 280 g/mol. The average molecular weight is 304 g/mol. The number of hydrogen-bond donors (Lipinski definition) is 3. The molecule has 120 valence electrons. The van der Waals surface area contributed by atoms with Gasteiger partial charge in [0.15, 0.2) is 0 Å². The van der Waals surface area contributed by atoms with Crippen LogP contribution in [0.15, 0.2) is 24.3 Å². The summed E-state index contributed by atoms with van der Waals surface area (Å²) < 4.78 is 0. The van der Waals surface area contributed by atoms with Crippen molar-refractivity contribution in [1.29, 1.82) is 0 Å². The molecule has 2 rings (SSSR count). The van der Waals surface area contributed by atoms with Crippen molar-refractivity contribution in [3.63, 3.8) is 0 Å². The maximum Gasteiger partial charge on any atom is 0.251 e. The van der Waals surface area contributed by atoms with Gasteiger partial charge in [0.2, 0.25) is 0 Å². The summed E-state index contributed by atoms with van der Waals surface area (Å²) in [6.07, 6.45) is 3.49. The second-order valence-electron chi connectivity index (χ2n) is 6.32. The van der Waals surface area contributed by atoms with E-state index in [4.69, 9.17) is 0 Å². The highest BCUT2D eigenvalue weighted by atomic mass is 16.3. The summed E-state index contributed by atoms with van der Waals surface area (Å²) >= 11 is 0. The fraction of sp³-hybridized carbons (Fsp3) is 0.529. The van der Waals surface area contributed by atoms with Crippen LogP contribution in [0.1, 0.15) is 60.2 Å². The Kier molecular flexibility index (Phi) is 5.19. The Morgan fingerprint density at radius 1 is 1.09 bits per heavy atom. The van der Waals surface area contributed by atoms with Crippen molar-refractivity contribution in [1.82, 2.24) is 10.6 Å². The second-order valence-corrected chi connectivity index (χ2v) is 6.32. The molecule has 1 fully saturated rings. The van der Waals surface area contributed by atoms with Crippen molar-refractivity contribution in [3.8, 4) is 0 Å². The molecule has 0 aromatic heterocycles. The van der Waals surface area contributed by atoms with Gasteiger partial charge in [-0.3, -0.25) is 9.59 Å². The van der Waals surface area contributed by atoms with Crippen LogP contribution in [0.4, 0.5) is 0 Å². The highest BCUT2D eigenvalue weighted by Crippen LogP contribution is 2.28. The van der Waals surface area contributed by atoms with Gasteiger partial charge in [0.05, 0.1) is 5.60 Å². The van der Waals surface area contributed by atoms with Crippen molar-refractivity contribution >= 4 is 11.8 Å². The maximum absolute atomic E-state index is 12.1. The van der Waals surface area contributed by atoms with E-state index in [0.717, 1.165) is 25.7 Å². The molecule has 1 saturated carbocycles. The smallest absolute Gasteiger partial charge is 0.251 e. The number of benzene rings is 1. The van der Waals surface area contributed by atoms with Crippen LogP contribution in [-0.4, -0.2) is 35.1 Å². The first-order valence-corrected chi connectivity index (χ1v) is 7.81. The molecule has 5 heteroatoms. The molecule has 0 spiro atoms. The zero-order valence-corrected chi connectivity index (χ0v) is 13.2. The third kappa shape index (κ3) is 4.31. The van der Waals surface area contributed by atoms with E-state index in [-0.39, 0.29) is 24.4 Å². The van der Waals surface area contributed by atoms with Gasteiger partial charge in [-0.2, -0.15) is 0 Å². The minimum Gasteiger partial charge on any atom is -0.388 e. The van der Waals surface area contributed by atoms with E-state index < -0.39 is 5.60 Å². The minimum atomic E-state index is -0.757. The predicted octanol–water partition coefficient (Wildman–Crippen LogP) is 1.86. The first-order chi connectivity index (χ1) is 10.4. The van der Waals surface area contributed by atoms with Gasteiger partial charge in [0.1, 0.15) is 0 Å². The van der Waals surface area contributed by atoms with E-state index >= 15 is 0 Å². The van der Waals surface area contributed by atoms with Gasteiger partial charge in [0.25, 0.3) is 11.8 Å². The molecule has 0 atom stereocenters. The van der Waals surface area contributed by atoms with Crippen LogP contribution in [0.3, 0.4) is 0 Å². The van der Waals surface area contributed by atoms with E-state index in [1.807, 2.05) is 13.8 Å². The average Bonchev–Trinajstić information content (AvgIpc) is 2.91. The molecule has 22 heavy (non-hydrogen) atoms. The Morgan fingerprint density at radius 2 is 1.59 bits per heavy atom. The summed E-state index contributed by atoms with van der Waals surface area (Å²) in [6.45, 7) is 4.07. The van der Waals surface area contributed by atoms with Crippen LogP contribution in [0.5, 0.6) is 0 Å². The number of nitrogens with one attached hydrogen (secondary N) is 2. The van der Waals surface area contributed by atoms with Gasteiger partial charge in [-0.05, 0) is 51.0 Å². The van der Waals surface area contributed by atoms with Gasteiger partial charge in [0, 0.05) is 23.7 Å². The number of hydrogen-bond acceptors (Lipinski definition) is 3. The molecular formula is C17H24N2O3. The van der Waals surface area contributed by atoms with Crippen molar-refractivity contribution in [2.24, 2.45) is 0 Å². The monoisotopic (exact) mass is 304 g/mol. The van der Waals surface area contributed by atoms with E-state index in [1.165, 1.54) is 0 Å². The lowest BCUT2D eigenvalue weighted by Gasteiger charge is -2.22. The van der Waals surface area contributed by atoms with Crippen molar-refractivity contribution < 1.29 is 14.7 Å². The van der Waals surface area contributed by atoms with Crippen LogP contribution >= 0.6 is 0 Å². The van der Waals surface area contributed by atoms with Gasteiger partial charge >= 0.3 is 0 Å². The Balaban J connectivity index is 1.92. The summed E-state index contributed by atoms with van der Waals surface area (Å²) in [5.74, 6) is -0.377. The lowest BCUT2D eigenvalue weighted by atomic mass is 10.0. The molecule has 3 N–H and O–H groups in total. The first-order valence-electron chi connectivity index (χ1n) is 7.81. The molecule has 0 bridgehead atoms. The Morgan fingerprint density at radius 3 is 2.09 bits per heavy atom. The Labute approximate surface area is 131 Å². The van der Waals surface area contributed by atoms with Crippen LogP contribution in [0.2, 0.25) is 0 Å². The molecule has 1 aliphatic carbocycles. The SMILES string of the molecule is CC(C)NC(=O)c1ccc(C(=O)NCC2(O)CCCC2)cc1. The summed E-state index contributed by atoms with van der Waals surface area (Å²) in [6, 6.07) is 6.60. The van der Waals surface area contributed by atoms with E-state index in [0.29, 0.717) is 11.1 Å². The third-order valence-corrected chi connectivity index (χ3v) is 3.94. The standard InChI is InChI=1S/C17H24N2O3/c1-12(2)19-16(21)14-7-5-13(6-8-14)15(20)18-11-17(22)9-3-4-10-17/h5-8,12,22H,3-4,9-11H2,1-2H3,(H,18,20)(H,19,21). The van der Waals surface area contributed by atoms with Crippen molar-refractivity contribution in [3.05, 3.63) is 35.4 Å².